The van der Waals surface area contributed by atoms with E-state index in [4.69, 9.17) is 8.83 Å². The van der Waals surface area contributed by atoms with E-state index < -0.39 is 0 Å². The maximum atomic E-state index is 6.51. The molecule has 2 heteroatoms. The number of fused-ring (bicyclic) bond motifs is 6. The summed E-state index contributed by atoms with van der Waals surface area (Å²) in [6.07, 6.45) is 0. The van der Waals surface area contributed by atoms with E-state index in [1.165, 1.54) is 10.9 Å². The van der Waals surface area contributed by atoms with E-state index in [0.29, 0.717) is 5.92 Å². The fourth-order valence-corrected chi connectivity index (χ4v) is 4.47. The van der Waals surface area contributed by atoms with E-state index in [2.05, 4.69) is 80.6 Å². The molecule has 0 aliphatic carbocycles. The van der Waals surface area contributed by atoms with Crippen LogP contribution in [-0.4, -0.2) is 0 Å². The molecule has 0 amide bonds. The van der Waals surface area contributed by atoms with E-state index in [1.807, 2.05) is 12.1 Å². The highest BCUT2D eigenvalue weighted by Crippen LogP contribution is 2.42. The molecule has 0 atom stereocenters. The van der Waals surface area contributed by atoms with Crippen LogP contribution in [0, 0.1) is 0 Å². The number of hydrogen-bond donors (Lipinski definition) is 0. The monoisotopic (exact) mass is 376 g/mol. The molecule has 0 saturated heterocycles. The van der Waals surface area contributed by atoms with E-state index in [-0.39, 0.29) is 0 Å². The minimum absolute atomic E-state index is 0.404. The van der Waals surface area contributed by atoms with Crippen molar-refractivity contribution in [3.63, 3.8) is 0 Å². The lowest BCUT2D eigenvalue weighted by Gasteiger charge is -2.05. The van der Waals surface area contributed by atoms with Crippen LogP contribution in [0.4, 0.5) is 0 Å². The zero-order valence-corrected chi connectivity index (χ0v) is 16.4. The molecule has 29 heavy (non-hydrogen) atoms. The summed E-state index contributed by atoms with van der Waals surface area (Å²) in [6.45, 7) is 4.41. The Morgan fingerprint density at radius 3 is 1.79 bits per heavy atom. The van der Waals surface area contributed by atoms with Crippen molar-refractivity contribution in [3.8, 4) is 11.1 Å². The zero-order valence-electron chi connectivity index (χ0n) is 16.4. The molecule has 2 heterocycles. The van der Waals surface area contributed by atoms with Crippen molar-refractivity contribution in [2.24, 2.45) is 0 Å². The summed E-state index contributed by atoms with van der Waals surface area (Å²) < 4.78 is 12.8. The Kier molecular flexibility index (Phi) is 3.39. The molecule has 2 nitrogen and oxygen atoms in total. The molecule has 0 N–H and O–H groups in total. The van der Waals surface area contributed by atoms with Crippen molar-refractivity contribution in [3.05, 3.63) is 84.4 Å². The van der Waals surface area contributed by atoms with Gasteiger partial charge in [-0.15, -0.1) is 0 Å². The third-order valence-corrected chi connectivity index (χ3v) is 5.87. The summed E-state index contributed by atoms with van der Waals surface area (Å²) in [6, 6.07) is 27.4. The van der Waals surface area contributed by atoms with Gasteiger partial charge in [-0.1, -0.05) is 86.6 Å². The molecule has 0 radical (unpaired) electrons. The first-order chi connectivity index (χ1) is 14.2. The van der Waals surface area contributed by atoms with Gasteiger partial charge in [0.2, 0.25) is 0 Å². The van der Waals surface area contributed by atoms with Crippen molar-refractivity contribution >= 4 is 43.9 Å². The predicted molar refractivity (Wildman–Crippen MR) is 121 cm³/mol. The van der Waals surface area contributed by atoms with Crippen molar-refractivity contribution in [2.75, 3.05) is 0 Å². The maximum absolute atomic E-state index is 6.51. The van der Waals surface area contributed by atoms with Crippen LogP contribution in [0.3, 0.4) is 0 Å². The number of furan rings is 2. The quantitative estimate of drug-likeness (QED) is 0.304. The Balaban J connectivity index is 1.72. The van der Waals surface area contributed by atoms with Crippen molar-refractivity contribution in [2.45, 2.75) is 19.8 Å². The molecule has 4 aromatic carbocycles. The second kappa shape index (κ2) is 5.99. The van der Waals surface area contributed by atoms with Crippen LogP contribution in [0.2, 0.25) is 0 Å². The third-order valence-electron chi connectivity index (χ3n) is 5.87. The Hall–Kier alpha value is -3.52. The zero-order chi connectivity index (χ0) is 19.5. The lowest BCUT2D eigenvalue weighted by atomic mass is 9.98. The fourth-order valence-electron chi connectivity index (χ4n) is 4.47. The van der Waals surface area contributed by atoms with E-state index in [1.54, 1.807) is 0 Å². The van der Waals surface area contributed by atoms with Gasteiger partial charge in [0.05, 0.1) is 0 Å². The molecule has 0 aliphatic heterocycles. The summed E-state index contributed by atoms with van der Waals surface area (Å²) in [5.74, 6) is 0.404. The van der Waals surface area contributed by atoms with Gasteiger partial charge in [0.1, 0.15) is 22.3 Å². The van der Waals surface area contributed by atoms with Crippen molar-refractivity contribution in [1.29, 1.82) is 0 Å². The second-order valence-electron chi connectivity index (χ2n) is 7.94. The Labute approximate surface area is 168 Å². The normalized spacial score (nSPS) is 12.1. The Morgan fingerprint density at radius 1 is 0.517 bits per heavy atom. The largest absolute Gasteiger partial charge is 0.455 e. The van der Waals surface area contributed by atoms with Crippen molar-refractivity contribution < 1.29 is 8.83 Å². The number of benzene rings is 4. The van der Waals surface area contributed by atoms with E-state index in [9.17, 15) is 0 Å². The maximum Gasteiger partial charge on any atom is 0.143 e. The summed E-state index contributed by atoms with van der Waals surface area (Å²) in [5, 5.41) is 4.59. The summed E-state index contributed by atoms with van der Waals surface area (Å²) >= 11 is 0. The van der Waals surface area contributed by atoms with E-state index in [0.717, 1.165) is 49.6 Å². The summed E-state index contributed by atoms with van der Waals surface area (Å²) in [5.41, 5.74) is 7.10. The van der Waals surface area contributed by atoms with Crippen LogP contribution in [0.1, 0.15) is 25.3 Å². The predicted octanol–water partition coefficient (Wildman–Crippen LogP) is 8.28. The first-order valence-corrected chi connectivity index (χ1v) is 10.1. The van der Waals surface area contributed by atoms with Gasteiger partial charge >= 0.3 is 0 Å². The molecular weight excluding hydrogens is 356 g/mol. The van der Waals surface area contributed by atoms with Gasteiger partial charge in [-0.25, -0.2) is 0 Å². The molecular formula is C27H20O2. The summed E-state index contributed by atoms with van der Waals surface area (Å²) in [4.78, 5) is 0. The molecule has 140 valence electrons. The Morgan fingerprint density at radius 2 is 1.07 bits per heavy atom. The number of rotatable bonds is 2. The van der Waals surface area contributed by atoms with Crippen molar-refractivity contribution in [1.82, 2.24) is 0 Å². The van der Waals surface area contributed by atoms with Gasteiger partial charge in [0, 0.05) is 32.7 Å². The molecule has 0 aliphatic rings. The van der Waals surface area contributed by atoms with Gasteiger partial charge in [-0.2, -0.15) is 0 Å². The van der Waals surface area contributed by atoms with Crippen LogP contribution in [0.5, 0.6) is 0 Å². The minimum atomic E-state index is 0.404. The van der Waals surface area contributed by atoms with Crippen LogP contribution in [-0.2, 0) is 0 Å². The third kappa shape index (κ3) is 2.29. The average molecular weight is 376 g/mol. The SMILES string of the molecule is CC(C)c1cccc2c1oc1c(-c3cccc4c3oc3ccccc34)cccc12. The first-order valence-electron chi connectivity index (χ1n) is 10.1. The van der Waals surface area contributed by atoms with Gasteiger partial charge in [-0.3, -0.25) is 0 Å². The van der Waals surface area contributed by atoms with Crippen LogP contribution < -0.4 is 0 Å². The smallest absolute Gasteiger partial charge is 0.143 e. The molecule has 6 rings (SSSR count). The highest BCUT2D eigenvalue weighted by atomic mass is 16.3. The number of hydrogen-bond acceptors (Lipinski definition) is 2. The Bertz CT molecular complexity index is 1530. The van der Waals surface area contributed by atoms with Gasteiger partial charge < -0.3 is 8.83 Å². The topological polar surface area (TPSA) is 26.3 Å². The van der Waals surface area contributed by atoms with Crippen LogP contribution in [0.25, 0.3) is 55.0 Å². The van der Waals surface area contributed by atoms with Gasteiger partial charge in [0.15, 0.2) is 0 Å². The summed E-state index contributed by atoms with van der Waals surface area (Å²) in [7, 11) is 0. The molecule has 0 unspecified atom stereocenters. The molecule has 0 bridgehead atoms. The minimum Gasteiger partial charge on any atom is -0.455 e. The lowest BCUT2D eigenvalue weighted by molar-refractivity contribution is 0.656. The second-order valence-corrected chi connectivity index (χ2v) is 7.94. The average Bonchev–Trinajstić information content (AvgIpc) is 3.31. The highest BCUT2D eigenvalue weighted by molar-refractivity contribution is 6.15. The van der Waals surface area contributed by atoms with Crippen LogP contribution in [0.15, 0.2) is 87.7 Å². The van der Waals surface area contributed by atoms with Gasteiger partial charge in [-0.05, 0) is 17.5 Å². The molecule has 6 aromatic rings. The van der Waals surface area contributed by atoms with E-state index >= 15 is 0 Å². The first kappa shape index (κ1) is 16.4. The molecule has 0 spiro atoms. The lowest BCUT2D eigenvalue weighted by Crippen LogP contribution is -1.86. The van der Waals surface area contributed by atoms with Crippen LogP contribution >= 0.6 is 0 Å². The molecule has 2 aromatic heterocycles. The molecule has 0 fully saturated rings. The van der Waals surface area contributed by atoms with Gasteiger partial charge in [0.25, 0.3) is 0 Å². The fraction of sp³-hybridized carbons (Fsp3) is 0.111. The highest BCUT2D eigenvalue weighted by Gasteiger charge is 2.18. The molecule has 0 saturated carbocycles. The standard InChI is InChI=1S/C27H20O2/c1-16(2)17-9-5-11-20-22-13-7-14-23(27(22)29-25(17)20)21-12-6-10-19-18-8-3-4-15-24(18)28-26(19)21/h3-16H,1-2H3. The number of para-hydroxylation sites is 4.